The Hall–Kier alpha value is -4.48. The SMILES string of the molecule is Cc1cc2c(cc1C)[n+]1cn2CCOCCOCCn2c[n+](c3cc(C)c(C)cc32)CCOCC1.Cc1ccc(S(=O)(=O)[O-])cc1.Cc1ccc(S(=O)(=O)[O-])cc1. The molecule has 0 fully saturated rings. The molecular weight excluding hydrogens is 769 g/mol. The highest BCUT2D eigenvalue weighted by atomic mass is 32.2. The lowest BCUT2D eigenvalue weighted by Crippen LogP contribution is -2.37. The van der Waals surface area contributed by atoms with Crippen molar-refractivity contribution in [3.8, 4) is 0 Å². The molecule has 6 aromatic rings. The van der Waals surface area contributed by atoms with Gasteiger partial charge in [0.2, 0.25) is 12.7 Å². The lowest BCUT2D eigenvalue weighted by molar-refractivity contribution is -0.681. The van der Waals surface area contributed by atoms with Crippen molar-refractivity contribution in [2.45, 2.75) is 77.5 Å². The van der Waals surface area contributed by atoms with Gasteiger partial charge in [0.25, 0.3) is 0 Å². The van der Waals surface area contributed by atoms with E-state index in [1.54, 1.807) is 24.3 Å². The van der Waals surface area contributed by atoms with Gasteiger partial charge in [-0.1, -0.05) is 35.4 Å². The molecule has 57 heavy (non-hydrogen) atoms. The van der Waals surface area contributed by atoms with Crippen LogP contribution < -0.4 is 9.13 Å². The second-order valence-corrected chi connectivity index (χ2v) is 17.0. The summed E-state index contributed by atoms with van der Waals surface area (Å²) < 4.78 is 89.5. The van der Waals surface area contributed by atoms with E-state index in [4.69, 9.17) is 14.2 Å². The van der Waals surface area contributed by atoms with Crippen molar-refractivity contribution in [1.29, 1.82) is 0 Å². The lowest BCUT2D eigenvalue weighted by Gasteiger charge is -2.05. The van der Waals surface area contributed by atoms with Crippen LogP contribution in [0.2, 0.25) is 0 Å². The number of ether oxygens (including phenoxy) is 3. The summed E-state index contributed by atoms with van der Waals surface area (Å²) in [7, 11) is -8.54. The first kappa shape index (κ1) is 43.6. The molecule has 4 bridgehead atoms. The van der Waals surface area contributed by atoms with Crippen LogP contribution in [-0.4, -0.2) is 74.7 Å². The topological polar surface area (TPSA) is 160 Å². The predicted molar refractivity (Wildman–Crippen MR) is 214 cm³/mol. The molecule has 1 aliphatic heterocycles. The zero-order valence-electron chi connectivity index (χ0n) is 33.4. The Morgan fingerprint density at radius 3 is 1.18 bits per heavy atom. The van der Waals surface area contributed by atoms with Crippen LogP contribution in [0.25, 0.3) is 22.1 Å². The molecule has 306 valence electrons. The summed E-state index contributed by atoms with van der Waals surface area (Å²) in [6.07, 6.45) is 4.41. The van der Waals surface area contributed by atoms with Crippen LogP contribution in [0.5, 0.6) is 0 Å². The van der Waals surface area contributed by atoms with E-state index >= 15 is 0 Å². The molecule has 0 spiro atoms. The van der Waals surface area contributed by atoms with Crippen molar-refractivity contribution in [3.05, 3.63) is 119 Å². The maximum Gasteiger partial charge on any atom is 0.244 e. The summed E-state index contributed by atoms with van der Waals surface area (Å²) in [5.74, 6) is 0. The van der Waals surface area contributed by atoms with Crippen LogP contribution in [0.1, 0.15) is 33.4 Å². The number of benzene rings is 4. The molecule has 7 rings (SSSR count). The predicted octanol–water partition coefficient (Wildman–Crippen LogP) is 4.97. The molecule has 15 heteroatoms. The van der Waals surface area contributed by atoms with Crippen molar-refractivity contribution >= 4 is 42.3 Å². The van der Waals surface area contributed by atoms with Crippen LogP contribution in [0.3, 0.4) is 0 Å². The van der Waals surface area contributed by atoms with E-state index in [9.17, 15) is 25.9 Å². The van der Waals surface area contributed by atoms with Gasteiger partial charge < -0.3 is 23.3 Å². The Morgan fingerprint density at radius 2 is 0.825 bits per heavy atom. The van der Waals surface area contributed by atoms with E-state index in [1.807, 2.05) is 13.8 Å². The minimum atomic E-state index is -4.27. The van der Waals surface area contributed by atoms with Crippen LogP contribution in [0.15, 0.2) is 95.2 Å². The van der Waals surface area contributed by atoms with E-state index in [0.717, 1.165) is 37.3 Å². The van der Waals surface area contributed by atoms with Gasteiger partial charge in [0, 0.05) is 0 Å². The fraction of sp³-hybridized carbons (Fsp3) is 0.381. The number of hydrogen-bond acceptors (Lipinski definition) is 9. The third kappa shape index (κ3) is 12.0. The van der Waals surface area contributed by atoms with Crippen LogP contribution in [-0.2, 0) is 60.6 Å². The summed E-state index contributed by atoms with van der Waals surface area (Å²) >= 11 is 0. The molecule has 0 unspecified atom stereocenters. The van der Waals surface area contributed by atoms with Crippen molar-refractivity contribution < 1.29 is 49.3 Å². The number of hydrogen-bond donors (Lipinski definition) is 0. The van der Waals surface area contributed by atoms with E-state index in [0.29, 0.717) is 39.6 Å². The van der Waals surface area contributed by atoms with Gasteiger partial charge >= 0.3 is 0 Å². The van der Waals surface area contributed by atoms with Gasteiger partial charge in [-0.15, -0.1) is 0 Å². The second kappa shape index (κ2) is 19.3. The number of rotatable bonds is 2. The highest BCUT2D eigenvalue weighted by Crippen LogP contribution is 2.19. The Bertz CT molecular complexity index is 2340. The molecule has 13 nitrogen and oxygen atoms in total. The number of aryl methyl sites for hydroxylation is 6. The van der Waals surface area contributed by atoms with Crippen LogP contribution >= 0.6 is 0 Å². The molecule has 4 aromatic carbocycles. The molecule has 2 aromatic heterocycles. The van der Waals surface area contributed by atoms with Crippen molar-refractivity contribution in [1.82, 2.24) is 9.13 Å². The first-order valence-electron chi connectivity index (χ1n) is 18.8. The molecule has 0 saturated heterocycles. The molecule has 1 aliphatic rings. The quantitative estimate of drug-likeness (QED) is 0.174. The fourth-order valence-corrected chi connectivity index (χ4v) is 7.21. The van der Waals surface area contributed by atoms with Gasteiger partial charge in [-0.05, 0) is 112 Å². The van der Waals surface area contributed by atoms with Gasteiger partial charge in [0.15, 0.2) is 22.1 Å². The fourth-order valence-electron chi connectivity index (χ4n) is 6.28. The second-order valence-electron chi connectivity index (χ2n) is 14.2. The largest absolute Gasteiger partial charge is 0.744 e. The van der Waals surface area contributed by atoms with Gasteiger partial charge in [-0.2, -0.15) is 0 Å². The molecular formula is C42H52N4O9S2. The summed E-state index contributed by atoms with van der Waals surface area (Å²) in [5.41, 5.74) is 12.1. The third-order valence-corrected chi connectivity index (χ3v) is 11.6. The summed E-state index contributed by atoms with van der Waals surface area (Å²) in [6, 6.07) is 20.7. The van der Waals surface area contributed by atoms with E-state index in [-0.39, 0.29) is 9.79 Å². The van der Waals surface area contributed by atoms with Gasteiger partial charge in [-0.25, -0.2) is 35.1 Å². The number of imidazole rings is 2. The molecule has 0 N–H and O–H groups in total. The lowest BCUT2D eigenvalue weighted by atomic mass is 10.1. The first-order chi connectivity index (χ1) is 27.0. The van der Waals surface area contributed by atoms with Crippen LogP contribution in [0.4, 0.5) is 0 Å². The minimum absolute atomic E-state index is 0.178. The summed E-state index contributed by atoms with van der Waals surface area (Å²) in [4.78, 5) is -0.355. The maximum absolute atomic E-state index is 10.4. The highest BCUT2D eigenvalue weighted by Gasteiger charge is 2.19. The van der Waals surface area contributed by atoms with Crippen molar-refractivity contribution in [2.75, 3.05) is 39.6 Å². The minimum Gasteiger partial charge on any atom is -0.744 e. The van der Waals surface area contributed by atoms with Crippen molar-refractivity contribution in [3.63, 3.8) is 0 Å². The summed E-state index contributed by atoms with van der Waals surface area (Å²) in [6.45, 7) is 19.5. The molecule has 0 amide bonds. The molecule has 0 aliphatic carbocycles. The number of fused-ring (bicyclic) bond motifs is 10. The Morgan fingerprint density at radius 1 is 0.491 bits per heavy atom. The van der Waals surface area contributed by atoms with Gasteiger partial charge in [0.1, 0.15) is 46.4 Å². The number of aromatic nitrogens is 4. The average Bonchev–Trinajstić information content (AvgIpc) is 3.65. The van der Waals surface area contributed by atoms with Crippen LogP contribution in [0, 0.1) is 41.5 Å². The highest BCUT2D eigenvalue weighted by molar-refractivity contribution is 7.86. The Balaban J connectivity index is 0.000000229. The zero-order valence-corrected chi connectivity index (χ0v) is 35.1. The smallest absolute Gasteiger partial charge is 0.244 e. The van der Waals surface area contributed by atoms with Gasteiger partial charge in [-0.3, -0.25) is 0 Å². The molecule has 0 saturated carbocycles. The Labute approximate surface area is 335 Å². The third-order valence-electron chi connectivity index (χ3n) is 9.87. The summed E-state index contributed by atoms with van der Waals surface area (Å²) in [5, 5.41) is 0. The van der Waals surface area contributed by atoms with E-state index in [1.165, 1.54) is 68.6 Å². The first-order valence-corrected chi connectivity index (χ1v) is 21.6. The van der Waals surface area contributed by atoms with E-state index < -0.39 is 20.2 Å². The zero-order chi connectivity index (χ0) is 41.3. The van der Waals surface area contributed by atoms with E-state index in [2.05, 4.69) is 82.9 Å². The van der Waals surface area contributed by atoms with Crippen molar-refractivity contribution in [2.24, 2.45) is 0 Å². The Kier molecular flexibility index (Phi) is 14.8. The standard InChI is InChI=1S/C28H38N4O3.2C7H8O3S/c1-21-15-25-27(17-23(21)3)31-7-11-34-13-14-35-12-8-32-20-30(6-10-33-9-5-29(25)19-31)26-16-22(2)24(4)18-28(26)32;2*1-6-2-4-7(5-3-6)11(8,9)10/h15-20H,5-14H2,1-4H3;2*2-5H,1H3,(H,8,9,10)/q+2;;/p-2. The molecule has 0 atom stereocenters. The van der Waals surface area contributed by atoms with Gasteiger partial charge in [0.05, 0.1) is 49.4 Å². The normalized spacial score (nSPS) is 14.7. The molecule has 0 radical (unpaired) electrons. The molecule has 3 heterocycles. The average molecular weight is 821 g/mol. The maximum atomic E-state index is 10.4. The number of nitrogens with zero attached hydrogens (tertiary/aromatic N) is 4. The monoisotopic (exact) mass is 820 g/mol.